The minimum Gasteiger partial charge on any atom is -0.496 e. The molecular weight excluding hydrogens is 463 g/mol. The van der Waals surface area contributed by atoms with Gasteiger partial charge in [-0.1, -0.05) is 54.2 Å². The first-order chi connectivity index (χ1) is 17.1. The summed E-state index contributed by atoms with van der Waals surface area (Å²) in [5.41, 5.74) is 3.84. The molecule has 0 aliphatic carbocycles. The number of benzene rings is 3. The number of carbonyl (C=O) groups is 1. The Morgan fingerprint density at radius 1 is 1.14 bits per heavy atom. The van der Waals surface area contributed by atoms with Gasteiger partial charge < -0.3 is 15.0 Å². The molecule has 1 aliphatic heterocycles. The summed E-state index contributed by atoms with van der Waals surface area (Å²) in [5, 5.41) is 4.14. The van der Waals surface area contributed by atoms with E-state index in [1.165, 1.54) is 12.1 Å². The second-order valence-corrected chi connectivity index (χ2v) is 9.93. The largest absolute Gasteiger partial charge is 0.496 e. The molecule has 0 bridgehead atoms. The van der Waals surface area contributed by atoms with Gasteiger partial charge in [-0.3, -0.25) is 9.69 Å². The van der Waals surface area contributed by atoms with Gasteiger partial charge in [-0.05, 0) is 42.3 Å². The number of nitrogens with one attached hydrogen (secondary N) is 2. The Labute approximate surface area is 207 Å². The standard InChI is InChI=1S/C27H27FN4O2S/c1-34-25-9-5-2-6-19(25)15-29-26(33)24-14-21(17-32(24)16-18-10-12-20(28)13-11-18)35-27-30-22-7-3-4-8-23(22)31-27/h2-13,21,24H,14-17H2,1H3,(H,29,33)(H,30,31)/t21-,24-/m0/s1. The number of hydrogen-bond donors (Lipinski definition) is 2. The highest BCUT2D eigenvalue weighted by molar-refractivity contribution is 7.99. The normalized spacial score (nSPS) is 18.1. The number of para-hydroxylation sites is 3. The Bertz CT molecular complexity index is 1280. The second kappa shape index (κ2) is 10.5. The van der Waals surface area contributed by atoms with E-state index in [-0.39, 0.29) is 23.0 Å². The van der Waals surface area contributed by atoms with Crippen LogP contribution in [0.25, 0.3) is 11.0 Å². The number of rotatable bonds is 8. The average molecular weight is 491 g/mol. The van der Waals surface area contributed by atoms with Crippen molar-refractivity contribution in [1.29, 1.82) is 0 Å². The van der Waals surface area contributed by atoms with Gasteiger partial charge in [0.05, 0.1) is 24.2 Å². The summed E-state index contributed by atoms with van der Waals surface area (Å²) >= 11 is 1.67. The number of methoxy groups -OCH3 is 1. The number of ether oxygens (including phenoxy) is 1. The van der Waals surface area contributed by atoms with Crippen molar-refractivity contribution in [3.05, 3.63) is 89.7 Å². The molecule has 6 nitrogen and oxygen atoms in total. The number of aromatic nitrogens is 2. The highest BCUT2D eigenvalue weighted by atomic mass is 32.2. The third kappa shape index (κ3) is 5.49. The van der Waals surface area contributed by atoms with E-state index in [2.05, 4.69) is 15.2 Å². The molecule has 1 fully saturated rings. The smallest absolute Gasteiger partial charge is 0.237 e. The number of fused-ring (bicyclic) bond motifs is 1. The highest BCUT2D eigenvalue weighted by Gasteiger charge is 2.37. The van der Waals surface area contributed by atoms with E-state index in [1.54, 1.807) is 31.0 Å². The van der Waals surface area contributed by atoms with Crippen molar-refractivity contribution >= 4 is 28.7 Å². The van der Waals surface area contributed by atoms with Gasteiger partial charge in [-0.25, -0.2) is 9.37 Å². The minimum atomic E-state index is -0.295. The van der Waals surface area contributed by atoms with Crippen molar-refractivity contribution in [2.45, 2.75) is 36.0 Å². The van der Waals surface area contributed by atoms with E-state index >= 15 is 0 Å². The van der Waals surface area contributed by atoms with E-state index < -0.39 is 0 Å². The summed E-state index contributed by atoms with van der Waals surface area (Å²) in [6, 6.07) is 21.8. The van der Waals surface area contributed by atoms with Gasteiger partial charge >= 0.3 is 0 Å². The van der Waals surface area contributed by atoms with Crippen molar-refractivity contribution in [2.75, 3.05) is 13.7 Å². The molecule has 4 aromatic rings. The fourth-order valence-corrected chi connectivity index (χ4v) is 5.69. The van der Waals surface area contributed by atoms with Crippen LogP contribution in [0.1, 0.15) is 17.5 Å². The van der Waals surface area contributed by atoms with E-state index in [0.29, 0.717) is 19.5 Å². The lowest BCUT2D eigenvalue weighted by atomic mass is 10.1. The quantitative estimate of drug-likeness (QED) is 0.373. The Balaban J connectivity index is 1.31. The fraction of sp³-hybridized carbons (Fsp3) is 0.259. The minimum absolute atomic E-state index is 0.0225. The Hall–Kier alpha value is -3.36. The monoisotopic (exact) mass is 490 g/mol. The molecule has 2 N–H and O–H groups in total. The number of aromatic amines is 1. The second-order valence-electron chi connectivity index (χ2n) is 8.64. The van der Waals surface area contributed by atoms with Crippen LogP contribution in [0.4, 0.5) is 4.39 Å². The van der Waals surface area contributed by atoms with Crippen LogP contribution >= 0.6 is 11.8 Å². The predicted molar refractivity (Wildman–Crippen MR) is 136 cm³/mol. The third-order valence-electron chi connectivity index (χ3n) is 6.26. The van der Waals surface area contributed by atoms with Crippen molar-refractivity contribution < 1.29 is 13.9 Å². The van der Waals surface area contributed by atoms with Crippen molar-refractivity contribution in [3.8, 4) is 5.75 Å². The van der Waals surface area contributed by atoms with Crippen LogP contribution in [-0.2, 0) is 17.9 Å². The first kappa shape index (κ1) is 23.4. The number of halogens is 1. The number of likely N-dealkylation sites (tertiary alicyclic amines) is 1. The van der Waals surface area contributed by atoms with Gasteiger partial charge in [-0.2, -0.15) is 0 Å². The van der Waals surface area contributed by atoms with Gasteiger partial charge in [0, 0.05) is 30.4 Å². The molecule has 0 saturated carbocycles. The summed E-state index contributed by atoms with van der Waals surface area (Å²) in [6.45, 7) is 1.70. The molecule has 0 radical (unpaired) electrons. The summed E-state index contributed by atoms with van der Waals surface area (Å²) in [7, 11) is 1.63. The average Bonchev–Trinajstić information content (AvgIpc) is 3.47. The van der Waals surface area contributed by atoms with Crippen LogP contribution < -0.4 is 10.1 Å². The van der Waals surface area contributed by atoms with Gasteiger partial charge in [0.1, 0.15) is 11.6 Å². The van der Waals surface area contributed by atoms with Crippen LogP contribution in [0.15, 0.2) is 78.0 Å². The molecule has 0 spiro atoms. The maximum absolute atomic E-state index is 13.4. The van der Waals surface area contributed by atoms with Crippen molar-refractivity contribution in [2.24, 2.45) is 0 Å². The number of nitrogens with zero attached hydrogens (tertiary/aromatic N) is 2. The van der Waals surface area contributed by atoms with Crippen LogP contribution in [0.3, 0.4) is 0 Å². The molecule has 8 heteroatoms. The molecule has 1 saturated heterocycles. The maximum atomic E-state index is 13.4. The lowest BCUT2D eigenvalue weighted by molar-refractivity contribution is -0.125. The van der Waals surface area contributed by atoms with E-state index in [0.717, 1.165) is 39.6 Å². The highest BCUT2D eigenvalue weighted by Crippen LogP contribution is 2.33. The molecule has 180 valence electrons. The van der Waals surface area contributed by atoms with E-state index in [1.807, 2.05) is 48.5 Å². The SMILES string of the molecule is COc1ccccc1CNC(=O)[C@@H]1C[C@H](Sc2nc3ccccc3[nH]2)CN1Cc1ccc(F)cc1. The van der Waals surface area contributed by atoms with E-state index in [4.69, 9.17) is 9.72 Å². The zero-order valence-corrected chi connectivity index (χ0v) is 20.2. The molecule has 5 rings (SSSR count). The van der Waals surface area contributed by atoms with Gasteiger partial charge in [0.25, 0.3) is 0 Å². The molecule has 1 amide bonds. The van der Waals surface area contributed by atoms with Gasteiger partial charge in [0.15, 0.2) is 5.16 Å². The number of hydrogen-bond acceptors (Lipinski definition) is 5. The number of imidazole rings is 1. The van der Waals surface area contributed by atoms with Gasteiger partial charge in [-0.15, -0.1) is 0 Å². The first-order valence-corrected chi connectivity index (χ1v) is 12.5. The van der Waals surface area contributed by atoms with Crippen molar-refractivity contribution in [3.63, 3.8) is 0 Å². The number of H-pyrrole nitrogens is 1. The number of carbonyl (C=O) groups excluding carboxylic acids is 1. The van der Waals surface area contributed by atoms with Crippen LogP contribution in [0.5, 0.6) is 5.75 Å². The summed E-state index contributed by atoms with van der Waals surface area (Å²) in [5.74, 6) is 0.464. The fourth-order valence-electron chi connectivity index (χ4n) is 4.51. The molecular formula is C27H27FN4O2S. The molecule has 1 aromatic heterocycles. The number of amides is 1. The van der Waals surface area contributed by atoms with E-state index in [9.17, 15) is 9.18 Å². The maximum Gasteiger partial charge on any atom is 0.237 e. The molecule has 2 heterocycles. The summed E-state index contributed by atoms with van der Waals surface area (Å²) < 4.78 is 18.8. The van der Waals surface area contributed by atoms with Crippen molar-refractivity contribution in [1.82, 2.24) is 20.2 Å². The third-order valence-corrected chi connectivity index (χ3v) is 7.35. The zero-order chi connectivity index (χ0) is 24.2. The number of thioether (sulfide) groups is 1. The van der Waals surface area contributed by atoms with Crippen LogP contribution in [-0.4, -0.2) is 45.7 Å². The summed E-state index contributed by atoms with van der Waals surface area (Å²) in [4.78, 5) is 23.6. The Morgan fingerprint density at radius 3 is 2.71 bits per heavy atom. The molecule has 0 unspecified atom stereocenters. The Morgan fingerprint density at radius 2 is 1.91 bits per heavy atom. The zero-order valence-electron chi connectivity index (χ0n) is 19.4. The molecule has 2 atom stereocenters. The van der Waals surface area contributed by atoms with Gasteiger partial charge in [0.2, 0.25) is 5.91 Å². The molecule has 1 aliphatic rings. The Kier molecular flexibility index (Phi) is 7.01. The topological polar surface area (TPSA) is 70.2 Å². The summed E-state index contributed by atoms with van der Waals surface area (Å²) in [6.07, 6.45) is 0.695. The van der Waals surface area contributed by atoms with Crippen LogP contribution in [0, 0.1) is 5.82 Å². The molecule has 35 heavy (non-hydrogen) atoms. The van der Waals surface area contributed by atoms with Crippen LogP contribution in [0.2, 0.25) is 0 Å². The first-order valence-electron chi connectivity index (χ1n) is 11.6. The predicted octanol–water partition coefficient (Wildman–Crippen LogP) is 4.76. The molecule has 3 aromatic carbocycles. The lowest BCUT2D eigenvalue weighted by Gasteiger charge is -2.23. The lowest BCUT2D eigenvalue weighted by Crippen LogP contribution is -2.42.